The van der Waals surface area contributed by atoms with Crippen LogP contribution in [0.4, 0.5) is 11.5 Å². The van der Waals surface area contributed by atoms with Gasteiger partial charge in [0.25, 0.3) is 5.91 Å². The van der Waals surface area contributed by atoms with Crippen molar-refractivity contribution in [2.75, 3.05) is 33.2 Å². The van der Waals surface area contributed by atoms with Gasteiger partial charge in [-0.2, -0.15) is 0 Å². The van der Waals surface area contributed by atoms with E-state index < -0.39 is 0 Å². The van der Waals surface area contributed by atoms with Gasteiger partial charge in [0, 0.05) is 24.4 Å². The molecule has 146 valence electrons. The Hall–Kier alpha value is -3.03. The summed E-state index contributed by atoms with van der Waals surface area (Å²) in [5.74, 6) is 2.33. The summed E-state index contributed by atoms with van der Waals surface area (Å²) < 4.78 is 16.0. The summed E-state index contributed by atoms with van der Waals surface area (Å²) in [7, 11) is 4.64. The highest BCUT2D eigenvalue weighted by atomic mass is 16.5. The van der Waals surface area contributed by atoms with Crippen LogP contribution in [0.5, 0.6) is 17.2 Å². The van der Waals surface area contributed by atoms with Gasteiger partial charge < -0.3 is 24.8 Å². The molecule has 0 saturated heterocycles. The predicted molar refractivity (Wildman–Crippen MR) is 103 cm³/mol. The first-order valence-electron chi connectivity index (χ1n) is 8.65. The Kier molecular flexibility index (Phi) is 7.22. The van der Waals surface area contributed by atoms with Gasteiger partial charge >= 0.3 is 0 Å². The number of nitrogens with one attached hydrogen (secondary N) is 2. The topological polar surface area (TPSA) is 94.6 Å². The van der Waals surface area contributed by atoms with Crippen LogP contribution in [0, 0.1) is 5.92 Å². The Morgan fingerprint density at radius 2 is 1.70 bits per heavy atom. The molecule has 0 fully saturated rings. The van der Waals surface area contributed by atoms with Crippen molar-refractivity contribution in [1.82, 2.24) is 15.3 Å². The number of aromatic nitrogens is 2. The van der Waals surface area contributed by atoms with E-state index in [9.17, 15) is 4.79 Å². The molecule has 27 heavy (non-hydrogen) atoms. The highest BCUT2D eigenvalue weighted by molar-refractivity contribution is 5.92. The van der Waals surface area contributed by atoms with Crippen molar-refractivity contribution >= 4 is 17.4 Å². The minimum atomic E-state index is -0.234. The Labute approximate surface area is 159 Å². The van der Waals surface area contributed by atoms with Crippen molar-refractivity contribution in [3.05, 3.63) is 30.2 Å². The zero-order chi connectivity index (χ0) is 19.8. The maximum atomic E-state index is 12.1. The van der Waals surface area contributed by atoms with E-state index in [4.69, 9.17) is 14.2 Å². The molecule has 2 rings (SSSR count). The summed E-state index contributed by atoms with van der Waals surface area (Å²) in [5.41, 5.74) is 0.960. The van der Waals surface area contributed by atoms with Crippen LogP contribution in [0.25, 0.3) is 0 Å². The molecule has 0 aliphatic heterocycles. The zero-order valence-corrected chi connectivity index (χ0v) is 16.3. The number of carbonyl (C=O) groups excluding carboxylic acids is 1. The highest BCUT2D eigenvalue weighted by Gasteiger charge is 2.14. The quantitative estimate of drug-likeness (QED) is 0.697. The Morgan fingerprint density at radius 1 is 1.04 bits per heavy atom. The Balaban J connectivity index is 2.09. The number of anilines is 2. The van der Waals surface area contributed by atoms with Crippen LogP contribution in [-0.4, -0.2) is 43.7 Å². The van der Waals surface area contributed by atoms with Crippen LogP contribution in [0.15, 0.2) is 24.5 Å². The van der Waals surface area contributed by atoms with E-state index >= 15 is 0 Å². The second kappa shape index (κ2) is 9.61. The Morgan fingerprint density at radius 3 is 2.19 bits per heavy atom. The smallest absolute Gasteiger partial charge is 0.271 e. The summed E-state index contributed by atoms with van der Waals surface area (Å²) in [6.45, 7) is 4.83. The number of carbonyl (C=O) groups is 1. The lowest BCUT2D eigenvalue weighted by Gasteiger charge is -2.14. The number of hydrogen-bond donors (Lipinski definition) is 2. The van der Waals surface area contributed by atoms with E-state index in [0.29, 0.717) is 41.2 Å². The van der Waals surface area contributed by atoms with Gasteiger partial charge in [0.1, 0.15) is 11.5 Å². The number of amides is 1. The molecule has 1 heterocycles. The van der Waals surface area contributed by atoms with Gasteiger partial charge in [0.05, 0.1) is 33.7 Å². The van der Waals surface area contributed by atoms with E-state index in [1.807, 2.05) is 0 Å². The van der Waals surface area contributed by atoms with Gasteiger partial charge in [-0.25, -0.2) is 9.97 Å². The van der Waals surface area contributed by atoms with Crippen LogP contribution in [0.3, 0.4) is 0 Å². The molecule has 0 saturated carbocycles. The molecule has 1 amide bonds. The molecule has 0 aliphatic rings. The number of nitrogens with zero attached hydrogens (tertiary/aromatic N) is 2. The second-order valence-electron chi connectivity index (χ2n) is 6.26. The van der Waals surface area contributed by atoms with E-state index in [1.165, 1.54) is 12.4 Å². The molecule has 8 heteroatoms. The largest absolute Gasteiger partial charge is 0.493 e. The van der Waals surface area contributed by atoms with Gasteiger partial charge in [-0.15, -0.1) is 0 Å². The minimum absolute atomic E-state index is 0.234. The monoisotopic (exact) mass is 374 g/mol. The SMILES string of the molecule is COc1cc(Nc2cnc(C(=O)NCCC(C)C)cn2)cc(OC)c1OC. The molecular formula is C19H26N4O4. The molecule has 1 aromatic carbocycles. The summed E-state index contributed by atoms with van der Waals surface area (Å²) >= 11 is 0. The first kappa shape index (κ1) is 20.3. The fourth-order valence-corrected chi connectivity index (χ4v) is 2.38. The summed E-state index contributed by atoms with van der Waals surface area (Å²) in [6.07, 6.45) is 3.85. The molecule has 1 aromatic heterocycles. The van der Waals surface area contributed by atoms with Crippen molar-refractivity contribution in [2.24, 2.45) is 5.92 Å². The lowest BCUT2D eigenvalue weighted by atomic mass is 10.1. The number of benzene rings is 1. The minimum Gasteiger partial charge on any atom is -0.493 e. The van der Waals surface area contributed by atoms with Gasteiger partial charge in [0.2, 0.25) is 5.75 Å². The van der Waals surface area contributed by atoms with E-state index in [2.05, 4.69) is 34.4 Å². The number of methoxy groups -OCH3 is 3. The third-order valence-corrected chi connectivity index (χ3v) is 3.83. The van der Waals surface area contributed by atoms with Crippen molar-refractivity contribution in [1.29, 1.82) is 0 Å². The standard InChI is InChI=1S/C19H26N4O4/c1-12(2)6-7-20-19(24)14-10-22-17(11-21-14)23-13-8-15(25-3)18(27-5)16(9-13)26-4/h8-12H,6-7H2,1-5H3,(H,20,24)(H,22,23). The Bertz CT molecular complexity index is 738. The summed E-state index contributed by atoms with van der Waals surface area (Å²) in [5, 5.41) is 5.94. The average Bonchev–Trinajstić information content (AvgIpc) is 2.67. The van der Waals surface area contributed by atoms with Crippen LogP contribution in [0.2, 0.25) is 0 Å². The molecule has 0 unspecified atom stereocenters. The number of ether oxygens (including phenoxy) is 3. The van der Waals surface area contributed by atoms with Gasteiger partial charge in [-0.05, 0) is 12.3 Å². The maximum absolute atomic E-state index is 12.1. The lowest BCUT2D eigenvalue weighted by Crippen LogP contribution is -2.26. The average molecular weight is 374 g/mol. The van der Waals surface area contributed by atoms with Crippen LogP contribution >= 0.6 is 0 Å². The fraction of sp³-hybridized carbons (Fsp3) is 0.421. The first-order valence-corrected chi connectivity index (χ1v) is 8.65. The molecule has 2 N–H and O–H groups in total. The predicted octanol–water partition coefficient (Wildman–Crippen LogP) is 3.02. The molecule has 0 atom stereocenters. The fourth-order valence-electron chi connectivity index (χ4n) is 2.38. The molecule has 2 aromatic rings. The van der Waals surface area contributed by atoms with Crippen molar-refractivity contribution in [3.63, 3.8) is 0 Å². The van der Waals surface area contributed by atoms with Crippen molar-refractivity contribution in [3.8, 4) is 17.2 Å². The van der Waals surface area contributed by atoms with E-state index in [1.54, 1.807) is 33.5 Å². The third-order valence-electron chi connectivity index (χ3n) is 3.83. The van der Waals surface area contributed by atoms with Gasteiger partial charge in [-0.1, -0.05) is 13.8 Å². The second-order valence-corrected chi connectivity index (χ2v) is 6.26. The third kappa shape index (κ3) is 5.47. The number of rotatable bonds is 9. The maximum Gasteiger partial charge on any atom is 0.271 e. The van der Waals surface area contributed by atoms with Crippen LogP contribution in [0.1, 0.15) is 30.8 Å². The zero-order valence-electron chi connectivity index (χ0n) is 16.3. The van der Waals surface area contributed by atoms with Crippen LogP contribution < -0.4 is 24.8 Å². The molecule has 0 radical (unpaired) electrons. The van der Waals surface area contributed by atoms with E-state index in [0.717, 1.165) is 6.42 Å². The van der Waals surface area contributed by atoms with Crippen molar-refractivity contribution < 1.29 is 19.0 Å². The molecule has 0 spiro atoms. The molecular weight excluding hydrogens is 348 g/mol. The normalized spacial score (nSPS) is 10.4. The summed E-state index contributed by atoms with van der Waals surface area (Å²) in [6, 6.07) is 3.52. The number of hydrogen-bond acceptors (Lipinski definition) is 7. The molecule has 8 nitrogen and oxygen atoms in total. The first-order chi connectivity index (χ1) is 13.0. The van der Waals surface area contributed by atoms with Gasteiger partial charge in [0.15, 0.2) is 11.5 Å². The van der Waals surface area contributed by atoms with E-state index in [-0.39, 0.29) is 11.6 Å². The highest BCUT2D eigenvalue weighted by Crippen LogP contribution is 2.40. The van der Waals surface area contributed by atoms with Crippen LogP contribution in [-0.2, 0) is 0 Å². The van der Waals surface area contributed by atoms with Gasteiger partial charge in [-0.3, -0.25) is 4.79 Å². The summed E-state index contributed by atoms with van der Waals surface area (Å²) in [4.78, 5) is 20.5. The molecule has 0 bridgehead atoms. The lowest BCUT2D eigenvalue weighted by molar-refractivity contribution is 0.0946. The van der Waals surface area contributed by atoms with Crippen molar-refractivity contribution in [2.45, 2.75) is 20.3 Å². The molecule has 0 aliphatic carbocycles.